The van der Waals surface area contributed by atoms with Gasteiger partial charge in [-0.3, -0.25) is 0 Å². The van der Waals surface area contributed by atoms with Gasteiger partial charge in [0.1, 0.15) is 0 Å². The van der Waals surface area contributed by atoms with E-state index in [9.17, 15) is 0 Å². The van der Waals surface area contributed by atoms with Crippen LogP contribution in [0.5, 0.6) is 0 Å². The van der Waals surface area contributed by atoms with Crippen molar-refractivity contribution in [2.45, 2.75) is 13.0 Å². The number of hydrogen-bond acceptors (Lipinski definition) is 3. The average molecular weight is 130 g/mol. The van der Waals surface area contributed by atoms with E-state index < -0.39 is 0 Å². The van der Waals surface area contributed by atoms with Gasteiger partial charge in [-0.2, -0.15) is 0 Å². The largest absolute Gasteiger partial charge is 0.390 e. The van der Waals surface area contributed by atoms with Gasteiger partial charge in [0.25, 0.3) is 0 Å². The van der Waals surface area contributed by atoms with Crippen molar-refractivity contribution in [2.75, 3.05) is 13.1 Å². The maximum Gasteiger partial charge on any atom is 0.0709 e. The van der Waals surface area contributed by atoms with E-state index in [0.29, 0.717) is 6.54 Å². The van der Waals surface area contributed by atoms with Gasteiger partial charge < -0.3 is 16.2 Å². The Morgan fingerprint density at radius 2 is 2.44 bits per heavy atom. The van der Waals surface area contributed by atoms with Crippen LogP contribution in [0, 0.1) is 0 Å². The van der Waals surface area contributed by atoms with Crippen molar-refractivity contribution in [1.82, 2.24) is 5.32 Å². The lowest BCUT2D eigenvalue weighted by molar-refractivity contribution is 0.243. The topological polar surface area (TPSA) is 58.3 Å². The van der Waals surface area contributed by atoms with Crippen molar-refractivity contribution < 1.29 is 5.11 Å². The molecule has 0 aromatic rings. The van der Waals surface area contributed by atoms with E-state index in [1.807, 2.05) is 0 Å². The number of nitrogens with two attached hydrogens (primary N) is 1. The summed E-state index contributed by atoms with van der Waals surface area (Å²) in [7, 11) is 0. The summed E-state index contributed by atoms with van der Waals surface area (Å²) in [6.07, 6.45) is 2.99. The maximum absolute atomic E-state index is 8.69. The fraction of sp³-hybridized carbons (Fsp3) is 0.667. The molecule has 1 unspecified atom stereocenters. The Balaban J connectivity index is 3.04. The first kappa shape index (κ1) is 8.46. The first-order valence-corrected chi connectivity index (χ1v) is 3.05. The summed E-state index contributed by atoms with van der Waals surface area (Å²) >= 11 is 0. The van der Waals surface area contributed by atoms with E-state index >= 15 is 0 Å². The van der Waals surface area contributed by atoms with Crippen molar-refractivity contribution in [3.8, 4) is 0 Å². The first-order chi connectivity index (χ1) is 4.27. The third-order valence-corrected chi connectivity index (χ3v) is 0.781. The highest BCUT2D eigenvalue weighted by molar-refractivity contribution is 4.83. The van der Waals surface area contributed by atoms with Crippen LogP contribution in [0.1, 0.15) is 6.92 Å². The molecular weight excluding hydrogens is 116 g/mol. The van der Waals surface area contributed by atoms with E-state index in [1.165, 1.54) is 0 Å². The minimum Gasteiger partial charge on any atom is -0.390 e. The van der Waals surface area contributed by atoms with Crippen molar-refractivity contribution >= 4 is 0 Å². The number of nitrogens with one attached hydrogen (secondary N) is 1. The normalized spacial score (nSPS) is 14.1. The summed E-state index contributed by atoms with van der Waals surface area (Å²) in [5, 5.41) is 11.6. The molecule has 4 N–H and O–H groups in total. The lowest BCUT2D eigenvalue weighted by Gasteiger charge is -1.96. The highest BCUT2D eigenvalue weighted by atomic mass is 16.3. The fourth-order valence-corrected chi connectivity index (χ4v) is 0.374. The molecule has 1 atom stereocenters. The standard InChI is InChI=1S/C6H14N2O/c1-6(9)2-4-8-5-3-7/h2,4,6,8-9H,3,5,7H2,1H3. The van der Waals surface area contributed by atoms with Crippen molar-refractivity contribution in [3.05, 3.63) is 12.3 Å². The molecule has 0 aliphatic carbocycles. The maximum atomic E-state index is 8.69. The minimum atomic E-state index is -0.379. The third kappa shape index (κ3) is 7.46. The van der Waals surface area contributed by atoms with Crippen LogP contribution < -0.4 is 11.1 Å². The summed E-state index contributed by atoms with van der Waals surface area (Å²) < 4.78 is 0. The van der Waals surface area contributed by atoms with Crippen molar-refractivity contribution in [2.24, 2.45) is 5.73 Å². The molecule has 0 saturated heterocycles. The predicted octanol–water partition coefficient (Wildman–Crippen LogP) is -0.571. The molecule has 9 heavy (non-hydrogen) atoms. The minimum absolute atomic E-state index is 0.379. The molecule has 0 radical (unpaired) electrons. The Bertz CT molecular complexity index is 81.1. The van der Waals surface area contributed by atoms with E-state index in [-0.39, 0.29) is 6.10 Å². The van der Waals surface area contributed by atoms with Crippen LogP contribution in [-0.2, 0) is 0 Å². The van der Waals surface area contributed by atoms with E-state index in [0.717, 1.165) is 6.54 Å². The van der Waals surface area contributed by atoms with Gasteiger partial charge in [-0.25, -0.2) is 0 Å². The molecule has 0 spiro atoms. The fourth-order valence-electron chi connectivity index (χ4n) is 0.374. The molecule has 0 fully saturated rings. The molecule has 0 aliphatic rings. The lowest BCUT2D eigenvalue weighted by Crippen LogP contribution is -2.17. The molecule has 54 valence electrons. The van der Waals surface area contributed by atoms with Crippen molar-refractivity contribution in [1.29, 1.82) is 0 Å². The predicted molar refractivity (Wildman–Crippen MR) is 37.9 cm³/mol. The monoisotopic (exact) mass is 130 g/mol. The molecule has 3 nitrogen and oxygen atoms in total. The number of rotatable bonds is 4. The SMILES string of the molecule is CC(O)C=CNCCN. The van der Waals surface area contributed by atoms with E-state index in [4.69, 9.17) is 10.8 Å². The number of aliphatic hydroxyl groups is 1. The number of hydrogen-bond donors (Lipinski definition) is 3. The van der Waals surface area contributed by atoms with Crippen LogP contribution in [0.25, 0.3) is 0 Å². The summed E-state index contributed by atoms with van der Waals surface area (Å²) in [5.41, 5.74) is 5.19. The molecule has 0 bridgehead atoms. The summed E-state index contributed by atoms with van der Waals surface area (Å²) in [5.74, 6) is 0. The summed E-state index contributed by atoms with van der Waals surface area (Å²) in [4.78, 5) is 0. The number of aliphatic hydroxyl groups excluding tert-OH is 1. The van der Waals surface area contributed by atoms with Crippen LogP contribution in [0.2, 0.25) is 0 Å². The van der Waals surface area contributed by atoms with Crippen molar-refractivity contribution in [3.63, 3.8) is 0 Å². The van der Waals surface area contributed by atoms with Gasteiger partial charge in [-0.15, -0.1) is 0 Å². The van der Waals surface area contributed by atoms with E-state index in [2.05, 4.69) is 5.32 Å². The zero-order valence-corrected chi connectivity index (χ0v) is 5.67. The van der Waals surface area contributed by atoms with Gasteiger partial charge >= 0.3 is 0 Å². The van der Waals surface area contributed by atoms with Gasteiger partial charge in [0, 0.05) is 13.1 Å². The van der Waals surface area contributed by atoms with Gasteiger partial charge in [0.15, 0.2) is 0 Å². The molecule has 0 aromatic carbocycles. The van der Waals surface area contributed by atoms with E-state index in [1.54, 1.807) is 19.2 Å². The molecule has 0 saturated carbocycles. The molecule has 0 aliphatic heterocycles. The highest BCUT2D eigenvalue weighted by Crippen LogP contribution is 1.78. The zero-order chi connectivity index (χ0) is 7.11. The van der Waals surface area contributed by atoms with Crippen LogP contribution >= 0.6 is 0 Å². The van der Waals surface area contributed by atoms with Crippen LogP contribution in [0.15, 0.2) is 12.3 Å². The Kier molecular flexibility index (Phi) is 5.26. The first-order valence-electron chi connectivity index (χ1n) is 3.05. The molecule has 0 heterocycles. The second kappa shape index (κ2) is 5.59. The Hall–Kier alpha value is -0.540. The highest BCUT2D eigenvalue weighted by Gasteiger charge is 1.81. The molecular formula is C6H14N2O. The van der Waals surface area contributed by atoms with Gasteiger partial charge in [-0.1, -0.05) is 0 Å². The van der Waals surface area contributed by atoms with Gasteiger partial charge in [-0.05, 0) is 19.2 Å². The Morgan fingerprint density at radius 1 is 1.78 bits per heavy atom. The van der Waals surface area contributed by atoms with Gasteiger partial charge in [0.2, 0.25) is 0 Å². The third-order valence-electron chi connectivity index (χ3n) is 0.781. The average Bonchev–Trinajstić information content (AvgIpc) is 1.80. The van der Waals surface area contributed by atoms with Crippen LogP contribution in [0.3, 0.4) is 0 Å². The molecule has 3 heteroatoms. The van der Waals surface area contributed by atoms with Gasteiger partial charge in [0.05, 0.1) is 6.10 Å². The second-order valence-electron chi connectivity index (χ2n) is 1.84. The summed E-state index contributed by atoms with van der Waals surface area (Å²) in [6, 6.07) is 0. The quantitative estimate of drug-likeness (QED) is 0.447. The molecule has 0 rings (SSSR count). The zero-order valence-electron chi connectivity index (χ0n) is 5.67. The Labute approximate surface area is 55.6 Å². The smallest absolute Gasteiger partial charge is 0.0709 e. The molecule has 0 aromatic heterocycles. The van der Waals surface area contributed by atoms with Crippen LogP contribution in [-0.4, -0.2) is 24.3 Å². The lowest BCUT2D eigenvalue weighted by atomic mass is 10.4. The molecule has 0 amide bonds. The Morgan fingerprint density at radius 3 is 2.89 bits per heavy atom. The second-order valence-corrected chi connectivity index (χ2v) is 1.84. The summed E-state index contributed by atoms with van der Waals surface area (Å²) in [6.45, 7) is 3.06. The van der Waals surface area contributed by atoms with Crippen LogP contribution in [0.4, 0.5) is 0 Å².